The number of aliphatic imine (C=N–C) groups is 1. The van der Waals surface area contributed by atoms with Crippen LogP contribution in [0.15, 0.2) is 47.7 Å². The van der Waals surface area contributed by atoms with Crippen LogP contribution in [0.4, 0.5) is 9.59 Å². The number of amides is 2. The summed E-state index contributed by atoms with van der Waals surface area (Å²) in [4.78, 5) is 35.4. The van der Waals surface area contributed by atoms with E-state index in [1.165, 1.54) is 0 Å². The molecule has 1 aromatic carbocycles. The van der Waals surface area contributed by atoms with E-state index in [2.05, 4.69) is 15.9 Å². The highest BCUT2D eigenvalue weighted by Crippen LogP contribution is 2.37. The van der Waals surface area contributed by atoms with Gasteiger partial charge in [-0.15, -0.1) is 11.3 Å². The highest BCUT2D eigenvalue weighted by molar-refractivity contribution is 6.06. The molecular formula is C30H35N3O7. The van der Waals surface area contributed by atoms with E-state index in [1.54, 1.807) is 53.9 Å². The summed E-state index contributed by atoms with van der Waals surface area (Å²) in [6, 6.07) is 8.93. The highest BCUT2D eigenvalue weighted by Gasteiger charge is 2.51. The molecule has 10 nitrogen and oxygen atoms in total. The van der Waals surface area contributed by atoms with E-state index in [9.17, 15) is 9.59 Å². The Bertz CT molecular complexity index is 1280. The number of nitrogens with zero attached hydrogens (tertiary/aromatic N) is 3. The smallest absolute Gasteiger partial charge is 0.428 e. The number of rotatable bonds is 5. The van der Waals surface area contributed by atoms with Gasteiger partial charge in [-0.1, -0.05) is 18.1 Å². The minimum atomic E-state index is -0.931. The molecule has 10 heteroatoms. The first kappa shape index (κ1) is 28.9. The zero-order valence-corrected chi connectivity index (χ0v) is 23.7. The number of terminal acetylenes is 1. The molecule has 2 aliphatic heterocycles. The molecular weight excluding hydrogens is 514 g/mol. The van der Waals surface area contributed by atoms with Gasteiger partial charge in [-0.3, -0.25) is 4.98 Å². The summed E-state index contributed by atoms with van der Waals surface area (Å²) in [5, 5.41) is 0. The van der Waals surface area contributed by atoms with Gasteiger partial charge >= 0.3 is 18.2 Å². The molecule has 1 fully saturated rings. The number of pyridine rings is 1. The third-order valence-electron chi connectivity index (χ3n) is 6.08. The van der Waals surface area contributed by atoms with E-state index >= 15 is 0 Å². The number of aromatic nitrogens is 1. The number of amidine groups is 1. The van der Waals surface area contributed by atoms with E-state index < -0.39 is 34.8 Å². The standard InChI is InChI=1S/C30H35N3O7/c1-8-20-13-22(15-31-14-20)21-9-11-23(12-10-21)38-19-30(17-36-18-30)24-16-37-25(32-24)33(26(34)39-28(2,3)4)27(35)40-29(5,6)7/h1,9-15,24H,16-19H2,2-7H3. The van der Waals surface area contributed by atoms with Gasteiger partial charge in [-0.05, 0) is 65.3 Å². The molecule has 0 radical (unpaired) electrons. The summed E-state index contributed by atoms with van der Waals surface area (Å²) in [6.07, 6.45) is 7.02. The Kier molecular flexibility index (Phi) is 8.08. The molecule has 0 saturated carbocycles. The molecule has 4 rings (SSSR count). The number of carbonyl (C=O) groups excluding carboxylic acids is 2. The second-order valence-electron chi connectivity index (χ2n) is 11.8. The maximum Gasteiger partial charge on any atom is 0.428 e. The van der Waals surface area contributed by atoms with E-state index in [4.69, 9.17) is 30.1 Å². The van der Waals surface area contributed by atoms with Crippen molar-refractivity contribution >= 4 is 18.2 Å². The molecule has 212 valence electrons. The number of benzene rings is 1. The maximum absolute atomic E-state index is 13.0. The highest BCUT2D eigenvalue weighted by atomic mass is 16.6. The largest absolute Gasteiger partial charge is 0.493 e. The fourth-order valence-electron chi connectivity index (χ4n) is 4.03. The van der Waals surface area contributed by atoms with Crippen LogP contribution in [0.1, 0.15) is 47.1 Å². The van der Waals surface area contributed by atoms with Crippen molar-refractivity contribution in [3.63, 3.8) is 0 Å². The fourth-order valence-corrected chi connectivity index (χ4v) is 4.03. The van der Waals surface area contributed by atoms with Crippen LogP contribution in [0, 0.1) is 17.8 Å². The molecule has 1 saturated heterocycles. The van der Waals surface area contributed by atoms with E-state index in [-0.39, 0.29) is 12.6 Å². The van der Waals surface area contributed by atoms with Crippen molar-refractivity contribution in [3.8, 4) is 29.2 Å². The van der Waals surface area contributed by atoms with Crippen LogP contribution in [0.5, 0.6) is 5.75 Å². The van der Waals surface area contributed by atoms with Crippen molar-refractivity contribution in [2.75, 3.05) is 26.4 Å². The number of hydrogen-bond donors (Lipinski definition) is 0. The number of imide groups is 1. The average molecular weight is 550 g/mol. The molecule has 1 unspecified atom stereocenters. The average Bonchev–Trinajstić information content (AvgIpc) is 3.31. The van der Waals surface area contributed by atoms with Gasteiger partial charge in [0.05, 0.1) is 18.6 Å². The lowest BCUT2D eigenvalue weighted by atomic mass is 9.79. The molecule has 2 amide bonds. The van der Waals surface area contributed by atoms with Crippen LogP contribution in [0.3, 0.4) is 0 Å². The van der Waals surface area contributed by atoms with E-state index in [1.807, 2.05) is 30.3 Å². The first-order valence-electron chi connectivity index (χ1n) is 13.0. The quantitative estimate of drug-likeness (QED) is 0.477. The Morgan fingerprint density at radius 1 is 1.02 bits per heavy atom. The van der Waals surface area contributed by atoms with Crippen LogP contribution < -0.4 is 4.74 Å². The number of carbonyl (C=O) groups is 2. The van der Waals surface area contributed by atoms with Gasteiger partial charge in [0.15, 0.2) is 0 Å². The third-order valence-corrected chi connectivity index (χ3v) is 6.08. The Hall–Kier alpha value is -4.10. The topological polar surface area (TPSA) is 109 Å². The molecule has 40 heavy (non-hydrogen) atoms. The molecule has 0 bridgehead atoms. The monoisotopic (exact) mass is 549 g/mol. The Labute approximate surface area is 234 Å². The maximum atomic E-state index is 13.0. The van der Waals surface area contributed by atoms with Crippen molar-refractivity contribution in [2.45, 2.75) is 58.8 Å². The minimum Gasteiger partial charge on any atom is -0.493 e. The summed E-state index contributed by atoms with van der Waals surface area (Å²) in [6.45, 7) is 11.4. The van der Waals surface area contributed by atoms with E-state index in [0.717, 1.165) is 11.1 Å². The lowest BCUT2D eigenvalue weighted by molar-refractivity contribution is -0.145. The molecule has 3 heterocycles. The number of hydrogen-bond acceptors (Lipinski definition) is 9. The van der Waals surface area contributed by atoms with Crippen molar-refractivity contribution in [2.24, 2.45) is 10.4 Å². The Morgan fingerprint density at radius 3 is 2.17 bits per heavy atom. The van der Waals surface area contributed by atoms with Gasteiger partial charge in [0.1, 0.15) is 36.2 Å². The van der Waals surface area contributed by atoms with Gasteiger partial charge < -0.3 is 23.7 Å². The van der Waals surface area contributed by atoms with Crippen LogP contribution >= 0.6 is 0 Å². The summed E-state index contributed by atoms with van der Waals surface area (Å²) < 4.78 is 28.3. The normalized spacial score (nSPS) is 17.9. The molecule has 0 aliphatic carbocycles. The molecule has 0 N–H and O–H groups in total. The van der Waals surface area contributed by atoms with Crippen LogP contribution in [0.25, 0.3) is 11.1 Å². The van der Waals surface area contributed by atoms with Gasteiger partial charge in [-0.2, -0.15) is 0 Å². The lowest BCUT2D eigenvalue weighted by Crippen LogP contribution is -2.55. The summed E-state index contributed by atoms with van der Waals surface area (Å²) in [5.74, 6) is 3.26. The van der Waals surface area contributed by atoms with Gasteiger partial charge in [0, 0.05) is 23.5 Å². The predicted molar refractivity (Wildman–Crippen MR) is 148 cm³/mol. The van der Waals surface area contributed by atoms with Gasteiger partial charge in [-0.25, -0.2) is 14.6 Å². The zero-order chi connectivity index (χ0) is 29.1. The first-order chi connectivity index (χ1) is 18.8. The van der Waals surface area contributed by atoms with Crippen LogP contribution in [-0.2, 0) is 18.9 Å². The SMILES string of the molecule is C#Cc1cncc(-c2ccc(OCC3(C4COC(N(C(=O)OC(C)(C)C)C(=O)OC(C)(C)C)=N4)COC3)cc2)c1. The molecule has 1 atom stereocenters. The molecule has 2 aliphatic rings. The first-order valence-corrected chi connectivity index (χ1v) is 13.0. The Balaban J connectivity index is 1.48. The molecule has 1 aromatic heterocycles. The van der Waals surface area contributed by atoms with Crippen LogP contribution in [-0.4, -0.2) is 71.8 Å². The molecule has 0 spiro atoms. The zero-order valence-electron chi connectivity index (χ0n) is 23.7. The Morgan fingerprint density at radius 2 is 1.65 bits per heavy atom. The van der Waals surface area contributed by atoms with Crippen molar-refractivity contribution in [1.29, 1.82) is 0 Å². The van der Waals surface area contributed by atoms with Crippen LogP contribution in [0.2, 0.25) is 0 Å². The second kappa shape index (κ2) is 11.2. The van der Waals surface area contributed by atoms with Crippen molar-refractivity contribution < 1.29 is 33.3 Å². The van der Waals surface area contributed by atoms with Gasteiger partial charge in [0.25, 0.3) is 0 Å². The number of ether oxygens (including phenoxy) is 5. The fraction of sp³-hybridized carbons (Fsp3) is 0.467. The van der Waals surface area contributed by atoms with Crippen molar-refractivity contribution in [3.05, 3.63) is 48.3 Å². The molecule has 2 aromatic rings. The third kappa shape index (κ3) is 6.90. The lowest BCUT2D eigenvalue weighted by Gasteiger charge is -2.43. The van der Waals surface area contributed by atoms with Gasteiger partial charge in [0.2, 0.25) is 0 Å². The minimum absolute atomic E-state index is 0.140. The predicted octanol–water partition coefficient (Wildman–Crippen LogP) is 5.05. The van der Waals surface area contributed by atoms with E-state index in [0.29, 0.717) is 36.0 Å². The summed E-state index contributed by atoms with van der Waals surface area (Å²) in [7, 11) is 0. The summed E-state index contributed by atoms with van der Waals surface area (Å²) >= 11 is 0. The second-order valence-corrected chi connectivity index (χ2v) is 11.8. The van der Waals surface area contributed by atoms with Crippen molar-refractivity contribution in [1.82, 2.24) is 9.88 Å². The summed E-state index contributed by atoms with van der Waals surface area (Å²) in [5.41, 5.74) is 0.391.